The number of hydrogen-bond acceptors (Lipinski definition) is 6. The Morgan fingerprint density at radius 1 is 1.21 bits per heavy atom. The van der Waals surface area contributed by atoms with Gasteiger partial charge in [-0.05, 0) is 50.8 Å². The Labute approximate surface area is 165 Å². The van der Waals surface area contributed by atoms with Crippen LogP contribution in [0.4, 0.5) is 5.69 Å². The number of carbonyl (C=O) groups excluding carboxylic acids is 2. The predicted molar refractivity (Wildman–Crippen MR) is 105 cm³/mol. The van der Waals surface area contributed by atoms with E-state index in [1.165, 1.54) is 33.2 Å². The summed E-state index contributed by atoms with van der Waals surface area (Å²) in [7, 11) is -0.825. The summed E-state index contributed by atoms with van der Waals surface area (Å²) in [5.41, 5.74) is 0.797. The van der Waals surface area contributed by atoms with Gasteiger partial charge < -0.3 is 15.0 Å². The molecule has 1 aliphatic carbocycles. The van der Waals surface area contributed by atoms with Crippen molar-refractivity contribution < 1.29 is 22.7 Å². The zero-order valence-electron chi connectivity index (χ0n) is 16.5. The number of amides is 1. The molecule has 1 atom stereocenters. The van der Waals surface area contributed by atoms with Gasteiger partial charge in [-0.1, -0.05) is 0 Å². The second kappa shape index (κ2) is 8.08. The molecule has 8 nitrogen and oxygen atoms in total. The number of anilines is 1. The van der Waals surface area contributed by atoms with Crippen molar-refractivity contribution in [1.82, 2.24) is 9.62 Å². The van der Waals surface area contributed by atoms with Gasteiger partial charge in [0.1, 0.15) is 0 Å². The van der Waals surface area contributed by atoms with E-state index in [0.717, 1.165) is 43.1 Å². The van der Waals surface area contributed by atoms with Crippen LogP contribution in [0.2, 0.25) is 0 Å². The Balaban J connectivity index is 1.88. The Hall–Kier alpha value is -2.13. The van der Waals surface area contributed by atoms with Crippen molar-refractivity contribution in [3.05, 3.63) is 23.8 Å². The van der Waals surface area contributed by atoms with Crippen LogP contribution < -0.4 is 10.2 Å². The molecule has 1 saturated heterocycles. The van der Waals surface area contributed by atoms with E-state index in [1.54, 1.807) is 6.07 Å². The minimum Gasteiger partial charge on any atom is -0.449 e. The smallest absolute Gasteiger partial charge is 0.341 e. The average molecular weight is 410 g/mol. The SMILES string of the molecule is C[C@@H](OC(=O)c1cc(S(=O)(=O)N(C)C)ccc1N1CCCC1)C(=O)NC1CC1. The lowest BCUT2D eigenvalue weighted by molar-refractivity contribution is -0.129. The van der Waals surface area contributed by atoms with E-state index in [0.29, 0.717) is 5.69 Å². The predicted octanol–water partition coefficient (Wildman–Crippen LogP) is 1.36. The first kappa shape index (κ1) is 20.6. The summed E-state index contributed by atoms with van der Waals surface area (Å²) in [4.78, 5) is 27.0. The van der Waals surface area contributed by atoms with Crippen molar-refractivity contribution >= 4 is 27.6 Å². The van der Waals surface area contributed by atoms with Crippen molar-refractivity contribution in [2.24, 2.45) is 0 Å². The fourth-order valence-electron chi connectivity index (χ4n) is 3.11. The minimum absolute atomic E-state index is 0.0162. The van der Waals surface area contributed by atoms with Crippen molar-refractivity contribution in [1.29, 1.82) is 0 Å². The maximum atomic E-state index is 12.9. The molecule has 1 aromatic rings. The number of nitrogens with one attached hydrogen (secondary N) is 1. The molecule has 9 heteroatoms. The number of esters is 1. The third-order valence-corrected chi connectivity index (χ3v) is 6.80. The summed E-state index contributed by atoms with van der Waals surface area (Å²) < 4.78 is 31.5. The molecule has 1 heterocycles. The van der Waals surface area contributed by atoms with Crippen molar-refractivity contribution in [2.45, 2.75) is 49.6 Å². The molecule has 1 amide bonds. The van der Waals surface area contributed by atoms with Gasteiger partial charge >= 0.3 is 5.97 Å². The van der Waals surface area contributed by atoms with Crippen LogP contribution in [0.3, 0.4) is 0 Å². The summed E-state index contributed by atoms with van der Waals surface area (Å²) in [5, 5.41) is 2.80. The topological polar surface area (TPSA) is 96.0 Å². The number of sulfonamides is 1. The van der Waals surface area contributed by atoms with Crippen LogP contribution in [0.15, 0.2) is 23.1 Å². The minimum atomic E-state index is -3.70. The van der Waals surface area contributed by atoms with Gasteiger partial charge in [-0.3, -0.25) is 4.79 Å². The Morgan fingerprint density at radius 3 is 2.43 bits per heavy atom. The molecule has 0 bridgehead atoms. The van der Waals surface area contributed by atoms with Gasteiger partial charge in [-0.25, -0.2) is 17.5 Å². The molecule has 3 rings (SSSR count). The van der Waals surface area contributed by atoms with Crippen molar-refractivity contribution in [3.8, 4) is 0 Å². The van der Waals surface area contributed by atoms with Gasteiger partial charge in [0, 0.05) is 33.2 Å². The van der Waals surface area contributed by atoms with E-state index in [1.807, 2.05) is 4.90 Å². The third-order valence-electron chi connectivity index (χ3n) is 4.99. The normalized spacial score (nSPS) is 18.2. The molecule has 1 aromatic carbocycles. The molecular weight excluding hydrogens is 382 g/mol. The number of carbonyl (C=O) groups is 2. The highest BCUT2D eigenvalue weighted by Crippen LogP contribution is 2.29. The van der Waals surface area contributed by atoms with E-state index in [4.69, 9.17) is 4.74 Å². The van der Waals surface area contributed by atoms with Crippen LogP contribution >= 0.6 is 0 Å². The maximum Gasteiger partial charge on any atom is 0.341 e. The van der Waals surface area contributed by atoms with Crippen LogP contribution in [-0.4, -0.2) is 63.9 Å². The summed E-state index contributed by atoms with van der Waals surface area (Å²) in [6, 6.07) is 4.66. The zero-order valence-corrected chi connectivity index (χ0v) is 17.3. The van der Waals surface area contributed by atoms with Crippen LogP contribution in [0.25, 0.3) is 0 Å². The molecule has 0 aromatic heterocycles. The standard InChI is InChI=1S/C19H27N3O5S/c1-13(18(23)20-14-6-7-14)27-19(24)16-12-15(28(25,26)21(2)3)8-9-17(16)22-10-4-5-11-22/h8-9,12-14H,4-7,10-11H2,1-3H3,(H,20,23)/t13-/m1/s1. The molecule has 2 fully saturated rings. The first-order chi connectivity index (χ1) is 13.2. The highest BCUT2D eigenvalue weighted by Gasteiger charge is 2.30. The average Bonchev–Trinajstić information content (AvgIpc) is 3.30. The molecule has 154 valence electrons. The van der Waals surface area contributed by atoms with Gasteiger partial charge in [0.05, 0.1) is 16.1 Å². The summed E-state index contributed by atoms with van der Waals surface area (Å²) >= 11 is 0. The van der Waals surface area contributed by atoms with Crippen LogP contribution in [0, 0.1) is 0 Å². The van der Waals surface area contributed by atoms with E-state index in [2.05, 4.69) is 5.32 Å². The zero-order chi connectivity index (χ0) is 20.5. The molecular formula is C19H27N3O5S. The highest BCUT2D eigenvalue weighted by atomic mass is 32.2. The van der Waals surface area contributed by atoms with Gasteiger partial charge in [0.15, 0.2) is 6.10 Å². The van der Waals surface area contributed by atoms with E-state index >= 15 is 0 Å². The van der Waals surface area contributed by atoms with Gasteiger partial charge in [-0.15, -0.1) is 0 Å². The van der Waals surface area contributed by atoms with E-state index < -0.39 is 22.1 Å². The fourth-order valence-corrected chi connectivity index (χ4v) is 4.04. The largest absolute Gasteiger partial charge is 0.449 e. The quantitative estimate of drug-likeness (QED) is 0.683. The van der Waals surface area contributed by atoms with Gasteiger partial charge in [0.25, 0.3) is 5.91 Å². The van der Waals surface area contributed by atoms with Crippen LogP contribution in [-0.2, 0) is 19.6 Å². The number of ether oxygens (including phenoxy) is 1. The molecule has 1 saturated carbocycles. The van der Waals surface area contributed by atoms with Crippen molar-refractivity contribution in [2.75, 3.05) is 32.1 Å². The number of benzene rings is 1. The summed E-state index contributed by atoms with van der Waals surface area (Å²) in [6.07, 6.45) is 2.94. The van der Waals surface area contributed by atoms with Crippen LogP contribution in [0.5, 0.6) is 0 Å². The maximum absolute atomic E-state index is 12.9. The Kier molecular flexibility index (Phi) is 5.95. The highest BCUT2D eigenvalue weighted by molar-refractivity contribution is 7.89. The molecule has 1 aliphatic heterocycles. The molecule has 28 heavy (non-hydrogen) atoms. The summed E-state index contributed by atoms with van der Waals surface area (Å²) in [6.45, 7) is 3.10. The summed E-state index contributed by atoms with van der Waals surface area (Å²) in [5.74, 6) is -1.04. The fraction of sp³-hybridized carbons (Fsp3) is 0.579. The lowest BCUT2D eigenvalue weighted by Gasteiger charge is -2.23. The Morgan fingerprint density at radius 2 is 1.86 bits per heavy atom. The van der Waals surface area contributed by atoms with E-state index in [9.17, 15) is 18.0 Å². The van der Waals surface area contributed by atoms with Crippen molar-refractivity contribution in [3.63, 3.8) is 0 Å². The van der Waals surface area contributed by atoms with Gasteiger partial charge in [0.2, 0.25) is 10.0 Å². The van der Waals surface area contributed by atoms with Crippen LogP contribution in [0.1, 0.15) is 43.0 Å². The lowest BCUT2D eigenvalue weighted by atomic mass is 10.1. The molecule has 0 radical (unpaired) electrons. The molecule has 2 aliphatic rings. The number of hydrogen-bond donors (Lipinski definition) is 1. The van der Waals surface area contributed by atoms with Gasteiger partial charge in [-0.2, -0.15) is 0 Å². The number of nitrogens with zero attached hydrogens (tertiary/aromatic N) is 2. The first-order valence-electron chi connectivity index (χ1n) is 9.53. The first-order valence-corrected chi connectivity index (χ1v) is 11.0. The number of rotatable bonds is 7. The second-order valence-corrected chi connectivity index (χ2v) is 9.64. The lowest BCUT2D eigenvalue weighted by Crippen LogP contribution is -2.37. The monoisotopic (exact) mass is 409 g/mol. The Bertz CT molecular complexity index is 858. The third kappa shape index (κ3) is 4.47. The second-order valence-electron chi connectivity index (χ2n) is 7.49. The molecule has 0 unspecified atom stereocenters. The van der Waals surface area contributed by atoms with E-state index in [-0.39, 0.29) is 22.4 Å². The molecule has 1 N–H and O–H groups in total. The molecule has 0 spiro atoms.